The summed E-state index contributed by atoms with van der Waals surface area (Å²) in [6, 6.07) is 13.8. The van der Waals surface area contributed by atoms with Crippen molar-refractivity contribution in [1.29, 1.82) is 10.5 Å². The SMILES string of the molecule is COc1ccc(/C=C/C(=O)c2ccc(N3C(=O)C[C@H](Sc4nc(N)c(C#N)c(C5CC5)c4C#N)C3=O)cc2)c(OC)c1OC. The lowest BCUT2D eigenvalue weighted by molar-refractivity contribution is -0.121. The number of benzene rings is 2. The van der Waals surface area contributed by atoms with Gasteiger partial charge in [0.25, 0.3) is 0 Å². The number of hydrogen-bond acceptors (Lipinski definition) is 11. The highest BCUT2D eigenvalue weighted by molar-refractivity contribution is 8.00. The monoisotopic (exact) mass is 609 g/mol. The first-order valence-electron chi connectivity index (χ1n) is 13.5. The van der Waals surface area contributed by atoms with Gasteiger partial charge in [0.2, 0.25) is 17.6 Å². The molecule has 1 aliphatic carbocycles. The Morgan fingerprint density at radius 3 is 2.27 bits per heavy atom. The average Bonchev–Trinajstić information content (AvgIpc) is 3.84. The second-order valence-electron chi connectivity index (χ2n) is 10.0. The maximum Gasteiger partial charge on any atom is 0.247 e. The summed E-state index contributed by atoms with van der Waals surface area (Å²) in [6.07, 6.45) is 4.55. The van der Waals surface area contributed by atoms with Crippen LogP contribution >= 0.6 is 11.8 Å². The first-order valence-corrected chi connectivity index (χ1v) is 14.4. The van der Waals surface area contributed by atoms with Crippen LogP contribution in [0.4, 0.5) is 11.5 Å². The molecule has 2 N–H and O–H groups in total. The molecule has 44 heavy (non-hydrogen) atoms. The summed E-state index contributed by atoms with van der Waals surface area (Å²) >= 11 is 1.00. The van der Waals surface area contributed by atoms with E-state index in [1.807, 2.05) is 6.07 Å². The molecule has 2 fully saturated rings. The van der Waals surface area contributed by atoms with Crippen molar-refractivity contribution in [3.63, 3.8) is 0 Å². The average molecular weight is 610 g/mol. The summed E-state index contributed by atoms with van der Waals surface area (Å²) in [5, 5.41) is 18.9. The van der Waals surface area contributed by atoms with Gasteiger partial charge >= 0.3 is 0 Å². The zero-order chi connectivity index (χ0) is 31.5. The van der Waals surface area contributed by atoms with Crippen LogP contribution in [0.15, 0.2) is 47.5 Å². The number of thioether (sulfide) groups is 1. The number of ether oxygens (including phenoxy) is 3. The normalized spacial score (nSPS) is 16.1. The predicted octanol–water partition coefficient (Wildman–Crippen LogP) is 4.63. The Bertz CT molecular complexity index is 1790. The number of amides is 2. The Labute approximate surface area is 257 Å². The van der Waals surface area contributed by atoms with Gasteiger partial charge in [0.05, 0.1) is 43.4 Å². The molecule has 1 saturated carbocycles. The largest absolute Gasteiger partial charge is 0.493 e. The number of methoxy groups -OCH3 is 3. The maximum atomic E-state index is 13.4. The Balaban J connectivity index is 1.33. The Hall–Kier alpha value is -5.33. The second-order valence-corrected chi connectivity index (χ2v) is 11.2. The first-order chi connectivity index (χ1) is 21.3. The van der Waals surface area contributed by atoms with E-state index in [0.29, 0.717) is 39.6 Å². The van der Waals surface area contributed by atoms with Crippen molar-refractivity contribution >= 4 is 46.9 Å². The topological polar surface area (TPSA) is 169 Å². The number of rotatable bonds is 10. The fourth-order valence-electron chi connectivity index (χ4n) is 5.08. The van der Waals surface area contributed by atoms with Crippen LogP contribution in [0, 0.1) is 22.7 Å². The highest BCUT2D eigenvalue weighted by atomic mass is 32.2. The van der Waals surface area contributed by atoms with Gasteiger partial charge in [0, 0.05) is 17.5 Å². The fraction of sp³-hybridized carbons (Fsp3) is 0.250. The van der Waals surface area contributed by atoms with Crippen molar-refractivity contribution in [3.8, 4) is 29.4 Å². The smallest absolute Gasteiger partial charge is 0.247 e. The molecule has 2 heterocycles. The molecule has 12 heteroatoms. The molecule has 0 spiro atoms. The molecule has 0 unspecified atom stereocenters. The maximum absolute atomic E-state index is 13.4. The van der Waals surface area contributed by atoms with Crippen molar-refractivity contribution in [1.82, 2.24) is 4.98 Å². The van der Waals surface area contributed by atoms with Crippen LogP contribution in [-0.4, -0.2) is 49.2 Å². The number of carbonyl (C=O) groups is 3. The molecule has 0 bridgehead atoms. The molecule has 2 amide bonds. The molecule has 5 rings (SSSR count). The lowest BCUT2D eigenvalue weighted by Crippen LogP contribution is -2.31. The van der Waals surface area contributed by atoms with E-state index >= 15 is 0 Å². The zero-order valence-corrected chi connectivity index (χ0v) is 24.9. The van der Waals surface area contributed by atoms with Crippen LogP contribution in [0.5, 0.6) is 17.2 Å². The zero-order valence-electron chi connectivity index (χ0n) is 24.1. The first kappa shape index (κ1) is 30.1. The van der Waals surface area contributed by atoms with Gasteiger partial charge in [-0.1, -0.05) is 11.8 Å². The van der Waals surface area contributed by atoms with E-state index in [4.69, 9.17) is 19.9 Å². The van der Waals surface area contributed by atoms with Gasteiger partial charge in [0.15, 0.2) is 17.3 Å². The minimum absolute atomic E-state index is 0.00315. The Morgan fingerprint density at radius 2 is 1.68 bits per heavy atom. The number of imide groups is 1. The van der Waals surface area contributed by atoms with E-state index in [0.717, 1.165) is 29.5 Å². The summed E-state index contributed by atoms with van der Waals surface area (Å²) in [7, 11) is 4.50. The van der Waals surface area contributed by atoms with Crippen molar-refractivity contribution in [3.05, 3.63) is 70.3 Å². The van der Waals surface area contributed by atoms with E-state index < -0.39 is 17.1 Å². The van der Waals surface area contributed by atoms with Crippen LogP contribution in [0.1, 0.15) is 57.8 Å². The standard InChI is InChI=1S/C32H27N5O6S/c1-41-24-13-9-19(28(42-2)29(24)43-3)8-12-23(38)17-6-10-20(11-7-17)37-26(39)14-25(32(37)40)44-31-22(16-34)27(18-4-5-18)21(15-33)30(35)36-31/h6-13,18,25H,4-5,14H2,1-3H3,(H2,35,36)/b12-8+/t25-/m0/s1. The van der Waals surface area contributed by atoms with Crippen LogP contribution in [-0.2, 0) is 9.59 Å². The third kappa shape index (κ3) is 5.55. The molecule has 11 nitrogen and oxygen atoms in total. The summed E-state index contributed by atoms with van der Waals surface area (Å²) in [5.74, 6) is 0.157. The minimum Gasteiger partial charge on any atom is -0.493 e. The number of nitrogens with zero attached hydrogens (tertiary/aromatic N) is 4. The highest BCUT2D eigenvalue weighted by Crippen LogP contribution is 2.47. The van der Waals surface area contributed by atoms with Crippen LogP contribution in [0.2, 0.25) is 0 Å². The molecule has 1 saturated heterocycles. The third-order valence-electron chi connectivity index (χ3n) is 7.36. The van der Waals surface area contributed by atoms with Crippen LogP contribution in [0.3, 0.4) is 0 Å². The van der Waals surface area contributed by atoms with Gasteiger partial charge < -0.3 is 19.9 Å². The molecule has 1 aromatic heterocycles. The Morgan fingerprint density at radius 1 is 1.00 bits per heavy atom. The van der Waals surface area contributed by atoms with Gasteiger partial charge in [-0.25, -0.2) is 9.88 Å². The van der Waals surface area contributed by atoms with Gasteiger partial charge in [0.1, 0.15) is 23.0 Å². The number of pyridine rings is 1. The number of ketones is 1. The molecule has 2 aliphatic rings. The molecule has 3 aromatic rings. The minimum atomic E-state index is -0.831. The lowest BCUT2D eigenvalue weighted by atomic mass is 10.0. The van der Waals surface area contributed by atoms with Crippen molar-refractivity contribution < 1.29 is 28.6 Å². The number of nitrogens with two attached hydrogens (primary N) is 1. The van der Waals surface area contributed by atoms with Crippen LogP contribution < -0.4 is 24.8 Å². The van der Waals surface area contributed by atoms with Gasteiger partial charge in [-0.2, -0.15) is 10.5 Å². The molecule has 1 aliphatic heterocycles. The number of nitriles is 2. The molecular formula is C32H27N5O6S. The number of aromatic nitrogens is 1. The quantitative estimate of drug-likeness (QED) is 0.193. The summed E-state index contributed by atoms with van der Waals surface area (Å²) in [5.41, 5.74) is 8.29. The van der Waals surface area contributed by atoms with Crippen molar-refractivity contribution in [2.45, 2.75) is 35.5 Å². The second kappa shape index (κ2) is 12.5. The number of hydrogen-bond donors (Lipinski definition) is 1. The number of allylic oxidation sites excluding steroid dienone is 1. The highest BCUT2D eigenvalue weighted by Gasteiger charge is 2.42. The van der Waals surface area contributed by atoms with Gasteiger partial charge in [-0.05, 0) is 72.9 Å². The number of nitrogen functional groups attached to an aromatic ring is 1. The van der Waals surface area contributed by atoms with E-state index in [1.165, 1.54) is 51.7 Å². The number of anilines is 2. The van der Waals surface area contributed by atoms with Crippen molar-refractivity contribution in [2.24, 2.45) is 0 Å². The summed E-state index contributed by atoms with van der Waals surface area (Å²) < 4.78 is 16.1. The van der Waals surface area contributed by atoms with E-state index in [-0.39, 0.29) is 40.1 Å². The van der Waals surface area contributed by atoms with Gasteiger partial charge in [-0.15, -0.1) is 0 Å². The predicted molar refractivity (Wildman–Crippen MR) is 163 cm³/mol. The summed E-state index contributed by atoms with van der Waals surface area (Å²) in [6.45, 7) is 0. The fourth-order valence-corrected chi connectivity index (χ4v) is 6.21. The van der Waals surface area contributed by atoms with Crippen molar-refractivity contribution in [2.75, 3.05) is 32.0 Å². The molecular weight excluding hydrogens is 582 g/mol. The number of carbonyl (C=O) groups excluding carboxylic acids is 3. The summed E-state index contributed by atoms with van der Waals surface area (Å²) in [4.78, 5) is 44.6. The lowest BCUT2D eigenvalue weighted by Gasteiger charge is -2.16. The van der Waals surface area contributed by atoms with Gasteiger partial charge in [-0.3, -0.25) is 14.4 Å². The molecule has 0 radical (unpaired) electrons. The van der Waals surface area contributed by atoms with Crippen LogP contribution in [0.25, 0.3) is 6.08 Å². The van der Waals surface area contributed by atoms with E-state index in [1.54, 1.807) is 18.2 Å². The Kier molecular flexibility index (Phi) is 8.56. The van der Waals surface area contributed by atoms with E-state index in [2.05, 4.69) is 11.1 Å². The molecule has 1 atom stereocenters. The molecule has 2 aromatic carbocycles. The third-order valence-corrected chi connectivity index (χ3v) is 8.53. The molecule has 222 valence electrons. The van der Waals surface area contributed by atoms with E-state index in [9.17, 15) is 24.9 Å².